The molecule has 0 saturated heterocycles. The van der Waals surface area contributed by atoms with Crippen molar-refractivity contribution in [1.82, 2.24) is 14.5 Å². The van der Waals surface area contributed by atoms with Gasteiger partial charge in [-0.1, -0.05) is 142 Å². The zero-order valence-electron chi connectivity index (χ0n) is 33.3. The number of nitrogens with zero attached hydrogens (tertiary/aromatic N) is 3. The Kier molecular flexibility index (Phi) is 9.55. The average molecular weight is 752 g/mol. The predicted octanol–water partition coefficient (Wildman–Crippen LogP) is 14.1. The van der Waals surface area contributed by atoms with Crippen molar-refractivity contribution < 1.29 is 5.11 Å². The number of aryl methyl sites for hydroxylation is 1. The van der Waals surface area contributed by atoms with Crippen LogP contribution in [0.25, 0.3) is 83.9 Å². The molecule has 0 bridgehead atoms. The van der Waals surface area contributed by atoms with Gasteiger partial charge in [-0.3, -0.25) is 9.55 Å². The van der Waals surface area contributed by atoms with Crippen molar-refractivity contribution in [3.63, 3.8) is 0 Å². The van der Waals surface area contributed by atoms with Gasteiger partial charge in [0.2, 0.25) is 0 Å². The normalized spacial score (nSPS) is 11.6. The summed E-state index contributed by atoms with van der Waals surface area (Å²) in [5.41, 5.74) is 16.6. The number of rotatable bonds is 9. The Labute approximate surface area is 340 Å². The van der Waals surface area contributed by atoms with E-state index in [4.69, 9.17) is 9.97 Å². The number of fused-ring (bicyclic) bond motifs is 1. The number of pyridine rings is 1. The number of hydrogen-bond acceptors (Lipinski definition) is 3. The second kappa shape index (κ2) is 15.1. The number of imidazole rings is 1. The van der Waals surface area contributed by atoms with Crippen molar-refractivity contribution in [3.8, 4) is 78.6 Å². The third kappa shape index (κ3) is 6.88. The van der Waals surface area contributed by atoms with Crippen LogP contribution < -0.4 is 0 Å². The lowest BCUT2D eigenvalue weighted by molar-refractivity contribution is 0.477. The summed E-state index contributed by atoms with van der Waals surface area (Å²) in [6, 6.07) is 61.4. The van der Waals surface area contributed by atoms with E-state index in [1.807, 2.05) is 30.5 Å². The van der Waals surface area contributed by atoms with Crippen LogP contribution in [0.2, 0.25) is 0 Å². The molecule has 0 fully saturated rings. The van der Waals surface area contributed by atoms with E-state index in [-0.39, 0.29) is 11.2 Å². The third-order valence-corrected chi connectivity index (χ3v) is 11.6. The maximum Gasteiger partial charge on any atom is 0.149 e. The zero-order valence-corrected chi connectivity index (χ0v) is 33.3. The fraction of sp³-hybridized carbons (Fsp3) is 0.111. The van der Waals surface area contributed by atoms with Crippen LogP contribution in [0.4, 0.5) is 0 Å². The summed E-state index contributed by atoms with van der Waals surface area (Å²) >= 11 is 0. The van der Waals surface area contributed by atoms with Crippen molar-refractivity contribution in [2.24, 2.45) is 0 Å². The Morgan fingerprint density at radius 1 is 0.534 bits per heavy atom. The van der Waals surface area contributed by atoms with E-state index in [1.165, 1.54) is 11.1 Å². The van der Waals surface area contributed by atoms with Crippen LogP contribution in [0.15, 0.2) is 182 Å². The van der Waals surface area contributed by atoms with Gasteiger partial charge in [-0.2, -0.15) is 0 Å². The van der Waals surface area contributed by atoms with Crippen LogP contribution in [-0.2, 0) is 5.41 Å². The molecule has 0 saturated carbocycles. The first-order valence-corrected chi connectivity index (χ1v) is 20.0. The van der Waals surface area contributed by atoms with Gasteiger partial charge in [0.25, 0.3) is 0 Å². The van der Waals surface area contributed by atoms with E-state index in [0.29, 0.717) is 11.4 Å². The van der Waals surface area contributed by atoms with Gasteiger partial charge in [0.15, 0.2) is 0 Å². The number of benzene rings is 7. The molecule has 0 spiro atoms. The maximum absolute atomic E-state index is 11.4. The molecule has 2 heterocycles. The molecule has 58 heavy (non-hydrogen) atoms. The lowest BCUT2D eigenvalue weighted by Crippen LogP contribution is -2.16. The van der Waals surface area contributed by atoms with E-state index in [9.17, 15) is 5.11 Å². The SMILES string of the molecule is CCC(C)(C)c1ccc(-n2c(-c3ccccc3O)nc3c(-c4cc(-c5ccccc5)cc(-c5cc(-c6ccc(C)cc6)ccn5)c4)cccc32)c(-c2ccccc2)c1. The fourth-order valence-corrected chi connectivity index (χ4v) is 7.87. The molecule has 0 amide bonds. The summed E-state index contributed by atoms with van der Waals surface area (Å²) in [6.45, 7) is 8.95. The number of para-hydroxylation sites is 2. The smallest absolute Gasteiger partial charge is 0.149 e. The second-order valence-electron chi connectivity index (χ2n) is 15.8. The van der Waals surface area contributed by atoms with E-state index >= 15 is 0 Å². The summed E-state index contributed by atoms with van der Waals surface area (Å²) in [6.07, 6.45) is 2.91. The minimum absolute atomic E-state index is 0.0112. The van der Waals surface area contributed by atoms with Gasteiger partial charge >= 0.3 is 0 Å². The Bertz CT molecular complexity index is 2910. The molecule has 0 aliphatic heterocycles. The first kappa shape index (κ1) is 36.6. The molecule has 9 rings (SSSR count). The lowest BCUT2D eigenvalue weighted by Gasteiger charge is -2.25. The highest BCUT2D eigenvalue weighted by Gasteiger charge is 2.25. The summed E-state index contributed by atoms with van der Waals surface area (Å²) < 4.78 is 2.23. The molecule has 0 aliphatic carbocycles. The molecule has 0 unspecified atom stereocenters. The molecule has 4 nitrogen and oxygen atoms in total. The van der Waals surface area contributed by atoms with Gasteiger partial charge in [0, 0.05) is 22.9 Å². The van der Waals surface area contributed by atoms with Gasteiger partial charge in [-0.05, 0) is 118 Å². The van der Waals surface area contributed by atoms with E-state index in [1.54, 1.807) is 6.07 Å². The van der Waals surface area contributed by atoms with Crippen molar-refractivity contribution in [2.45, 2.75) is 39.5 Å². The highest BCUT2D eigenvalue weighted by molar-refractivity contribution is 5.98. The largest absolute Gasteiger partial charge is 0.507 e. The van der Waals surface area contributed by atoms with Gasteiger partial charge in [0.05, 0.1) is 28.0 Å². The topological polar surface area (TPSA) is 50.9 Å². The van der Waals surface area contributed by atoms with Crippen LogP contribution >= 0.6 is 0 Å². The molecule has 2 aromatic heterocycles. The number of hydrogen-bond donors (Lipinski definition) is 1. The molecular formula is C54H45N3O. The molecule has 1 N–H and O–H groups in total. The van der Waals surface area contributed by atoms with Gasteiger partial charge in [-0.25, -0.2) is 4.98 Å². The Morgan fingerprint density at radius 3 is 1.93 bits per heavy atom. The Hall–Kier alpha value is -7.04. The molecule has 0 atom stereocenters. The maximum atomic E-state index is 11.4. The van der Waals surface area contributed by atoms with E-state index < -0.39 is 0 Å². The van der Waals surface area contributed by atoms with Crippen molar-refractivity contribution in [1.29, 1.82) is 0 Å². The number of phenols is 1. The Balaban J connectivity index is 1.30. The number of aromatic hydroxyl groups is 1. The quantitative estimate of drug-likeness (QED) is 0.160. The summed E-state index contributed by atoms with van der Waals surface area (Å²) in [5, 5.41) is 11.4. The molecule has 0 radical (unpaired) electrons. The standard InChI is InChI=1S/C54H45N3O/c1-5-54(3,4)44-27-28-49(47(35-44)39-17-10-7-11-18-39)57-50-21-14-20-45(52(50)56-53(57)46-19-12-13-22-51(46)58)42-31-41(37-15-8-6-9-16-37)32-43(33-42)48-34-40(29-30-55-48)38-25-23-36(2)24-26-38/h6-35,58H,5H2,1-4H3. The van der Waals surface area contributed by atoms with Gasteiger partial charge in [0.1, 0.15) is 11.6 Å². The first-order valence-electron chi connectivity index (χ1n) is 20.0. The molecule has 7 aromatic carbocycles. The van der Waals surface area contributed by atoms with Gasteiger partial charge < -0.3 is 5.11 Å². The lowest BCUT2D eigenvalue weighted by atomic mass is 9.81. The molecular weight excluding hydrogens is 707 g/mol. The number of aromatic nitrogens is 3. The Morgan fingerprint density at radius 2 is 1.19 bits per heavy atom. The summed E-state index contributed by atoms with van der Waals surface area (Å²) in [7, 11) is 0. The highest BCUT2D eigenvalue weighted by Crippen LogP contribution is 2.42. The third-order valence-electron chi connectivity index (χ3n) is 11.6. The first-order chi connectivity index (χ1) is 28.3. The fourth-order valence-electron chi connectivity index (χ4n) is 7.87. The number of phenolic OH excluding ortho intramolecular Hbond substituents is 1. The average Bonchev–Trinajstić information content (AvgIpc) is 3.66. The van der Waals surface area contributed by atoms with Crippen LogP contribution in [0, 0.1) is 6.92 Å². The highest BCUT2D eigenvalue weighted by atomic mass is 16.3. The van der Waals surface area contributed by atoms with Crippen LogP contribution in [0.5, 0.6) is 5.75 Å². The minimum Gasteiger partial charge on any atom is -0.507 e. The van der Waals surface area contributed by atoms with Gasteiger partial charge in [-0.15, -0.1) is 0 Å². The monoisotopic (exact) mass is 751 g/mol. The zero-order chi connectivity index (χ0) is 39.8. The molecule has 4 heteroatoms. The van der Waals surface area contributed by atoms with Crippen LogP contribution in [0.3, 0.4) is 0 Å². The predicted molar refractivity (Wildman–Crippen MR) is 241 cm³/mol. The van der Waals surface area contributed by atoms with Crippen molar-refractivity contribution >= 4 is 11.0 Å². The molecule has 282 valence electrons. The van der Waals surface area contributed by atoms with Crippen molar-refractivity contribution in [2.75, 3.05) is 0 Å². The minimum atomic E-state index is -0.0112. The van der Waals surface area contributed by atoms with Crippen LogP contribution in [-0.4, -0.2) is 19.6 Å². The summed E-state index contributed by atoms with van der Waals surface area (Å²) in [5.74, 6) is 0.852. The second-order valence-corrected chi connectivity index (χ2v) is 15.8. The summed E-state index contributed by atoms with van der Waals surface area (Å²) in [4.78, 5) is 10.4. The molecule has 9 aromatic rings. The van der Waals surface area contributed by atoms with Crippen molar-refractivity contribution in [3.05, 3.63) is 193 Å². The van der Waals surface area contributed by atoms with E-state index in [2.05, 4.69) is 178 Å². The van der Waals surface area contributed by atoms with Crippen LogP contribution in [0.1, 0.15) is 38.3 Å². The van der Waals surface area contributed by atoms with E-state index in [0.717, 1.165) is 78.9 Å². The molecule has 0 aliphatic rings.